The molecule has 1 aromatic heterocycles. The highest BCUT2D eigenvalue weighted by atomic mass is 79.9. The van der Waals surface area contributed by atoms with Gasteiger partial charge < -0.3 is 4.74 Å². The summed E-state index contributed by atoms with van der Waals surface area (Å²) < 4.78 is 7.37. The third-order valence-electron chi connectivity index (χ3n) is 2.04. The molecule has 0 spiro atoms. The van der Waals surface area contributed by atoms with E-state index in [-0.39, 0.29) is 0 Å². The first-order valence-electron chi connectivity index (χ1n) is 4.83. The monoisotopic (exact) mass is 375 g/mol. The van der Waals surface area contributed by atoms with Gasteiger partial charge in [-0.1, -0.05) is 39.7 Å². The zero-order chi connectivity index (χ0) is 12.3. The maximum atomic E-state index is 5.80. The Morgan fingerprint density at radius 1 is 1.24 bits per heavy atom. The molecule has 0 amide bonds. The van der Waals surface area contributed by atoms with E-state index in [2.05, 4.69) is 36.8 Å². The number of hydrogen-bond acceptors (Lipinski definition) is 2. The highest BCUT2D eigenvalue weighted by molar-refractivity contribution is 9.10. The molecular formula is C12H8Br2ClNO. The van der Waals surface area contributed by atoms with Crippen LogP contribution in [-0.4, -0.2) is 4.98 Å². The van der Waals surface area contributed by atoms with Gasteiger partial charge in [0, 0.05) is 10.7 Å². The van der Waals surface area contributed by atoms with Crippen LogP contribution in [0.15, 0.2) is 45.5 Å². The smallest absolute Gasteiger partial charge is 0.228 e. The van der Waals surface area contributed by atoms with Gasteiger partial charge in [0.2, 0.25) is 5.88 Å². The van der Waals surface area contributed by atoms with Gasteiger partial charge in [0.05, 0.1) is 9.50 Å². The van der Waals surface area contributed by atoms with E-state index in [1.54, 1.807) is 12.3 Å². The number of hydrogen-bond donors (Lipinski definition) is 0. The van der Waals surface area contributed by atoms with Crippen molar-refractivity contribution in [1.29, 1.82) is 0 Å². The first-order chi connectivity index (χ1) is 8.15. The van der Waals surface area contributed by atoms with Crippen molar-refractivity contribution >= 4 is 43.5 Å². The lowest BCUT2D eigenvalue weighted by Gasteiger charge is -2.07. The Labute approximate surface area is 121 Å². The van der Waals surface area contributed by atoms with Gasteiger partial charge in [-0.25, -0.2) is 4.98 Å². The van der Waals surface area contributed by atoms with Crippen LogP contribution in [0, 0.1) is 0 Å². The largest absolute Gasteiger partial charge is 0.472 e. The fourth-order valence-electron chi connectivity index (χ4n) is 1.29. The van der Waals surface area contributed by atoms with Crippen molar-refractivity contribution < 1.29 is 4.74 Å². The van der Waals surface area contributed by atoms with Crippen LogP contribution in [0.3, 0.4) is 0 Å². The molecule has 0 aliphatic carbocycles. The van der Waals surface area contributed by atoms with Crippen molar-refractivity contribution in [1.82, 2.24) is 4.98 Å². The van der Waals surface area contributed by atoms with Gasteiger partial charge >= 0.3 is 0 Å². The van der Waals surface area contributed by atoms with E-state index in [9.17, 15) is 0 Å². The lowest BCUT2D eigenvalue weighted by atomic mass is 10.2. The summed E-state index contributed by atoms with van der Waals surface area (Å²) in [6.07, 6.45) is 1.56. The Morgan fingerprint density at radius 2 is 2.06 bits per heavy atom. The highest BCUT2D eigenvalue weighted by Gasteiger charge is 2.04. The molecule has 0 atom stereocenters. The summed E-state index contributed by atoms with van der Waals surface area (Å²) in [7, 11) is 0. The Hall–Kier alpha value is -0.580. The van der Waals surface area contributed by atoms with Gasteiger partial charge in [-0.2, -0.15) is 0 Å². The van der Waals surface area contributed by atoms with E-state index >= 15 is 0 Å². The molecule has 1 heterocycles. The summed E-state index contributed by atoms with van der Waals surface area (Å²) in [5, 5.41) is 0.576. The summed E-state index contributed by atoms with van der Waals surface area (Å²) >= 11 is 12.6. The molecule has 0 aliphatic rings. The third kappa shape index (κ3) is 3.69. The quantitative estimate of drug-likeness (QED) is 0.764. The molecular weight excluding hydrogens is 369 g/mol. The van der Waals surface area contributed by atoms with Crippen molar-refractivity contribution in [2.75, 3.05) is 0 Å². The number of ether oxygens (including phenoxy) is 1. The summed E-state index contributed by atoms with van der Waals surface area (Å²) in [5.74, 6) is 0.536. The minimum Gasteiger partial charge on any atom is -0.472 e. The van der Waals surface area contributed by atoms with E-state index in [0.29, 0.717) is 17.5 Å². The molecule has 2 aromatic rings. The van der Waals surface area contributed by atoms with Gasteiger partial charge in [-0.3, -0.25) is 0 Å². The second kappa shape index (κ2) is 5.85. The van der Waals surface area contributed by atoms with Crippen LogP contribution in [0.4, 0.5) is 0 Å². The third-order valence-corrected chi connectivity index (χ3v) is 3.31. The Bertz CT molecular complexity index is 534. The molecule has 0 N–H and O–H groups in total. The number of halogens is 3. The molecule has 1 aromatic carbocycles. The molecule has 0 radical (unpaired) electrons. The average molecular weight is 377 g/mol. The van der Waals surface area contributed by atoms with E-state index in [0.717, 1.165) is 14.5 Å². The van der Waals surface area contributed by atoms with E-state index < -0.39 is 0 Å². The highest BCUT2D eigenvalue weighted by Crippen LogP contribution is 2.26. The minimum atomic E-state index is 0.465. The number of nitrogens with zero attached hydrogens (tertiary/aromatic N) is 1. The van der Waals surface area contributed by atoms with E-state index in [4.69, 9.17) is 16.3 Å². The topological polar surface area (TPSA) is 22.1 Å². The normalized spacial score (nSPS) is 10.3. The summed E-state index contributed by atoms with van der Waals surface area (Å²) in [6, 6.07) is 9.69. The molecule has 0 saturated heterocycles. The number of rotatable bonds is 3. The number of pyridine rings is 1. The van der Waals surface area contributed by atoms with Crippen molar-refractivity contribution in [2.24, 2.45) is 0 Å². The second-order valence-electron chi connectivity index (χ2n) is 3.36. The van der Waals surface area contributed by atoms with Crippen LogP contribution in [0.1, 0.15) is 5.56 Å². The van der Waals surface area contributed by atoms with Crippen LogP contribution in [0.25, 0.3) is 0 Å². The van der Waals surface area contributed by atoms with Crippen LogP contribution in [-0.2, 0) is 6.61 Å². The molecule has 5 heteroatoms. The van der Waals surface area contributed by atoms with Gasteiger partial charge in [-0.15, -0.1) is 0 Å². The van der Waals surface area contributed by atoms with Crippen molar-refractivity contribution in [2.45, 2.75) is 6.61 Å². The van der Waals surface area contributed by atoms with Gasteiger partial charge in [0.25, 0.3) is 0 Å². The molecule has 0 aliphatic heterocycles. The van der Waals surface area contributed by atoms with E-state index in [1.807, 2.05) is 24.3 Å². The van der Waals surface area contributed by atoms with Crippen LogP contribution >= 0.6 is 43.5 Å². The average Bonchev–Trinajstić information content (AvgIpc) is 2.28. The van der Waals surface area contributed by atoms with Crippen molar-refractivity contribution in [3.05, 3.63) is 56.1 Å². The maximum Gasteiger partial charge on any atom is 0.228 e. The Morgan fingerprint density at radius 3 is 2.76 bits per heavy atom. The first-order valence-corrected chi connectivity index (χ1v) is 6.80. The number of benzene rings is 1. The van der Waals surface area contributed by atoms with Gasteiger partial charge in [0.15, 0.2) is 0 Å². The zero-order valence-electron chi connectivity index (χ0n) is 8.66. The minimum absolute atomic E-state index is 0.465. The van der Waals surface area contributed by atoms with Gasteiger partial charge in [-0.05, 0) is 39.7 Å². The van der Waals surface area contributed by atoms with Gasteiger partial charge in [0.1, 0.15) is 6.61 Å². The Balaban J connectivity index is 2.07. The van der Waals surface area contributed by atoms with Crippen molar-refractivity contribution in [3.63, 3.8) is 0 Å². The van der Waals surface area contributed by atoms with Crippen molar-refractivity contribution in [3.8, 4) is 5.88 Å². The molecule has 2 nitrogen and oxygen atoms in total. The summed E-state index contributed by atoms with van der Waals surface area (Å²) in [5.41, 5.74) is 1.07. The molecule has 0 bridgehead atoms. The maximum absolute atomic E-state index is 5.80. The van der Waals surface area contributed by atoms with Crippen LogP contribution in [0.2, 0.25) is 5.02 Å². The molecule has 0 fully saturated rings. The molecule has 2 rings (SSSR count). The van der Waals surface area contributed by atoms with Crippen LogP contribution < -0.4 is 4.74 Å². The standard InChI is InChI=1S/C12H8Br2ClNO/c13-9-3-1-2-8(4-9)7-17-12-11(14)5-10(15)6-16-12/h1-6H,7H2. The predicted octanol–water partition coefficient (Wildman–Crippen LogP) is 4.84. The molecule has 0 unspecified atom stereocenters. The summed E-state index contributed by atoms with van der Waals surface area (Å²) in [4.78, 5) is 4.10. The zero-order valence-corrected chi connectivity index (χ0v) is 12.6. The van der Waals surface area contributed by atoms with Crippen LogP contribution in [0.5, 0.6) is 5.88 Å². The van der Waals surface area contributed by atoms with E-state index in [1.165, 1.54) is 0 Å². The fraction of sp³-hybridized carbons (Fsp3) is 0.0833. The second-order valence-corrected chi connectivity index (χ2v) is 5.57. The summed E-state index contributed by atoms with van der Waals surface area (Å²) in [6.45, 7) is 0.465. The molecule has 0 saturated carbocycles. The number of aromatic nitrogens is 1. The first kappa shape index (κ1) is 12.9. The molecule has 17 heavy (non-hydrogen) atoms. The molecule has 88 valence electrons. The lowest BCUT2D eigenvalue weighted by Crippen LogP contribution is -1.97. The predicted molar refractivity (Wildman–Crippen MR) is 75.4 cm³/mol. The SMILES string of the molecule is Clc1cnc(OCc2cccc(Br)c2)c(Br)c1. The lowest BCUT2D eigenvalue weighted by molar-refractivity contribution is 0.291. The fourth-order valence-corrected chi connectivity index (χ4v) is 2.49. The Kier molecular flexibility index (Phi) is 4.42.